The van der Waals surface area contributed by atoms with E-state index in [1.54, 1.807) is 6.20 Å². The van der Waals surface area contributed by atoms with Crippen LogP contribution in [0.2, 0.25) is 5.02 Å². The van der Waals surface area contributed by atoms with Gasteiger partial charge in [0.2, 0.25) is 5.72 Å². The summed E-state index contributed by atoms with van der Waals surface area (Å²) in [5.41, 5.74) is 2.88. The first kappa shape index (κ1) is 24.7. The molecule has 2 unspecified atom stereocenters. The quantitative estimate of drug-likeness (QED) is 0.481. The molecular formula is C27H26ClN5O5. The number of aromatic amines is 1. The molecular weight excluding hydrogens is 510 g/mol. The number of aliphatic hydroxyl groups is 1. The van der Waals surface area contributed by atoms with Gasteiger partial charge in [0.1, 0.15) is 12.0 Å². The maximum atomic E-state index is 12.5. The fraction of sp³-hybridized carbons (Fsp3) is 0.370. The van der Waals surface area contributed by atoms with Crippen molar-refractivity contribution in [3.63, 3.8) is 0 Å². The molecule has 3 aromatic rings. The topological polar surface area (TPSA) is 131 Å². The second kappa shape index (κ2) is 9.61. The number of piperidine rings is 1. The number of hydrogen-bond acceptors (Lipinski definition) is 9. The van der Waals surface area contributed by atoms with E-state index in [1.165, 1.54) is 6.33 Å². The standard InChI is InChI=1S/C27H26ClN5O5/c28-19-4-2-17(3-5-19)24-23(20-8-13-29-16-30-20)25(32-31-24)18-9-14-33(15-10-18)26-11-1-12-27(26,36)38-22(35)7-6-21(34)37-26/h2-8,13,16,18,36H,1,9-12,14-15H2,(H,31,32)/b7-6+. The summed E-state index contributed by atoms with van der Waals surface area (Å²) >= 11 is 6.11. The lowest BCUT2D eigenvalue weighted by Gasteiger charge is -2.49. The molecule has 3 aliphatic rings. The molecule has 6 rings (SSSR count). The molecule has 2 atom stereocenters. The van der Waals surface area contributed by atoms with E-state index in [1.807, 2.05) is 35.2 Å². The maximum absolute atomic E-state index is 12.5. The Morgan fingerprint density at radius 1 is 1.03 bits per heavy atom. The van der Waals surface area contributed by atoms with Crippen LogP contribution in [0.3, 0.4) is 0 Å². The zero-order valence-corrected chi connectivity index (χ0v) is 21.2. The van der Waals surface area contributed by atoms with Crippen molar-refractivity contribution in [2.24, 2.45) is 0 Å². The molecule has 2 N–H and O–H groups in total. The van der Waals surface area contributed by atoms with E-state index >= 15 is 0 Å². The van der Waals surface area contributed by atoms with E-state index in [9.17, 15) is 14.7 Å². The largest absolute Gasteiger partial charge is 0.433 e. The van der Waals surface area contributed by atoms with Crippen molar-refractivity contribution in [1.82, 2.24) is 25.1 Å². The Kier molecular flexibility index (Phi) is 6.25. The number of fused-ring (bicyclic) bond motifs is 1. The van der Waals surface area contributed by atoms with Gasteiger partial charge in [0.15, 0.2) is 0 Å². The van der Waals surface area contributed by atoms with Crippen LogP contribution in [-0.4, -0.2) is 66.7 Å². The predicted molar refractivity (Wildman–Crippen MR) is 136 cm³/mol. The average Bonchev–Trinajstić information content (AvgIpc) is 3.50. The van der Waals surface area contributed by atoms with Gasteiger partial charge in [0.25, 0.3) is 5.79 Å². The third-order valence-electron chi connectivity index (χ3n) is 7.70. The van der Waals surface area contributed by atoms with Gasteiger partial charge < -0.3 is 14.6 Å². The molecule has 2 aromatic heterocycles. The summed E-state index contributed by atoms with van der Waals surface area (Å²) in [7, 11) is 0. The Balaban J connectivity index is 1.31. The smallest absolute Gasteiger partial charge is 0.333 e. The summed E-state index contributed by atoms with van der Waals surface area (Å²) in [6.07, 6.45) is 7.76. The molecule has 2 aliphatic heterocycles. The molecule has 0 radical (unpaired) electrons. The molecule has 38 heavy (non-hydrogen) atoms. The molecule has 0 bridgehead atoms. The summed E-state index contributed by atoms with van der Waals surface area (Å²) in [6.45, 7) is 1.03. The van der Waals surface area contributed by atoms with Crippen molar-refractivity contribution < 1.29 is 24.2 Å². The first-order chi connectivity index (χ1) is 18.4. The van der Waals surface area contributed by atoms with Gasteiger partial charge in [-0.1, -0.05) is 23.7 Å². The second-order valence-electron chi connectivity index (χ2n) is 9.82. The van der Waals surface area contributed by atoms with Gasteiger partial charge in [0, 0.05) is 72.0 Å². The monoisotopic (exact) mass is 535 g/mol. The van der Waals surface area contributed by atoms with Crippen LogP contribution in [-0.2, 0) is 19.1 Å². The van der Waals surface area contributed by atoms with Crippen LogP contribution in [0.5, 0.6) is 0 Å². The zero-order valence-electron chi connectivity index (χ0n) is 20.5. The van der Waals surface area contributed by atoms with Crippen LogP contribution in [0.15, 0.2) is 55.0 Å². The van der Waals surface area contributed by atoms with Crippen LogP contribution < -0.4 is 0 Å². The number of benzene rings is 1. The van der Waals surface area contributed by atoms with Gasteiger partial charge in [-0.3, -0.25) is 10.00 Å². The maximum Gasteiger partial charge on any atom is 0.333 e. The van der Waals surface area contributed by atoms with E-state index in [-0.39, 0.29) is 12.3 Å². The van der Waals surface area contributed by atoms with Gasteiger partial charge in [-0.25, -0.2) is 19.6 Å². The van der Waals surface area contributed by atoms with Crippen molar-refractivity contribution in [3.8, 4) is 22.5 Å². The second-order valence-corrected chi connectivity index (χ2v) is 10.3. The van der Waals surface area contributed by atoms with Crippen LogP contribution in [0, 0.1) is 0 Å². The summed E-state index contributed by atoms with van der Waals surface area (Å²) in [4.78, 5) is 35.2. The number of H-pyrrole nitrogens is 1. The lowest BCUT2D eigenvalue weighted by molar-refractivity contribution is -0.319. The highest BCUT2D eigenvalue weighted by Crippen LogP contribution is 2.49. The minimum atomic E-state index is -1.90. The Hall–Kier alpha value is -3.60. The number of ether oxygens (including phenoxy) is 2. The molecule has 1 aromatic carbocycles. The van der Waals surface area contributed by atoms with Crippen molar-refractivity contribution in [3.05, 3.63) is 65.7 Å². The molecule has 0 spiro atoms. The van der Waals surface area contributed by atoms with Gasteiger partial charge in [-0.05, 0) is 37.5 Å². The van der Waals surface area contributed by atoms with Gasteiger partial charge in [0.05, 0.1) is 5.69 Å². The minimum absolute atomic E-state index is 0.0994. The molecule has 1 aliphatic carbocycles. The highest BCUT2D eigenvalue weighted by molar-refractivity contribution is 6.30. The summed E-state index contributed by atoms with van der Waals surface area (Å²) in [6, 6.07) is 9.36. The van der Waals surface area contributed by atoms with E-state index in [0.717, 1.165) is 40.4 Å². The Labute approximate surface area is 223 Å². The number of esters is 2. The Morgan fingerprint density at radius 2 is 1.76 bits per heavy atom. The number of nitrogens with zero attached hydrogens (tertiary/aromatic N) is 4. The van der Waals surface area contributed by atoms with Gasteiger partial charge in [-0.15, -0.1) is 0 Å². The molecule has 11 heteroatoms. The molecule has 196 valence electrons. The van der Waals surface area contributed by atoms with E-state index in [2.05, 4.69) is 20.2 Å². The highest BCUT2D eigenvalue weighted by atomic mass is 35.5. The summed E-state index contributed by atoms with van der Waals surface area (Å²) in [5.74, 6) is -3.23. The molecule has 2 fully saturated rings. The van der Waals surface area contributed by atoms with Crippen molar-refractivity contribution in [1.29, 1.82) is 0 Å². The summed E-state index contributed by atoms with van der Waals surface area (Å²) < 4.78 is 11.3. The first-order valence-electron chi connectivity index (χ1n) is 12.6. The molecule has 1 saturated heterocycles. The predicted octanol–water partition coefficient (Wildman–Crippen LogP) is 3.59. The van der Waals surface area contributed by atoms with Gasteiger partial charge in [-0.2, -0.15) is 5.10 Å². The molecule has 0 amide bonds. The lowest BCUT2D eigenvalue weighted by Crippen LogP contribution is -2.66. The van der Waals surface area contributed by atoms with E-state index < -0.39 is 23.5 Å². The van der Waals surface area contributed by atoms with Crippen LogP contribution in [0.25, 0.3) is 22.5 Å². The van der Waals surface area contributed by atoms with Crippen LogP contribution in [0.4, 0.5) is 0 Å². The SMILES string of the molecule is O=C1/C=C/C(=O)OC2(N3CCC(c4[nH]nc(-c5ccc(Cl)cc5)c4-c4ccncn4)CC3)CCCC2(O)O1. The minimum Gasteiger partial charge on any atom is -0.433 e. The lowest BCUT2D eigenvalue weighted by atomic mass is 9.87. The third-order valence-corrected chi connectivity index (χ3v) is 7.95. The highest BCUT2D eigenvalue weighted by Gasteiger charge is 2.64. The average molecular weight is 536 g/mol. The number of hydrogen-bond donors (Lipinski definition) is 2. The fourth-order valence-electron chi connectivity index (χ4n) is 5.92. The number of nitrogens with one attached hydrogen (secondary N) is 1. The van der Waals surface area contributed by atoms with Crippen molar-refractivity contribution >= 4 is 23.5 Å². The first-order valence-corrected chi connectivity index (χ1v) is 13.0. The number of likely N-dealkylation sites (tertiary alicyclic amines) is 1. The number of rotatable bonds is 4. The van der Waals surface area contributed by atoms with E-state index in [0.29, 0.717) is 43.8 Å². The molecule has 4 heterocycles. The Bertz CT molecular complexity index is 1390. The molecule has 1 saturated carbocycles. The number of carbonyl (C=O) groups is 2. The number of aromatic nitrogens is 4. The van der Waals surface area contributed by atoms with Crippen LogP contribution in [0.1, 0.15) is 43.7 Å². The van der Waals surface area contributed by atoms with Crippen molar-refractivity contribution in [2.75, 3.05) is 13.1 Å². The van der Waals surface area contributed by atoms with Gasteiger partial charge >= 0.3 is 11.9 Å². The molecule has 10 nitrogen and oxygen atoms in total. The third kappa shape index (κ3) is 4.18. The zero-order chi connectivity index (χ0) is 26.3. The number of carbonyl (C=O) groups excluding carboxylic acids is 2. The number of halogens is 1. The normalized spacial score (nSPS) is 27.2. The fourth-order valence-corrected chi connectivity index (χ4v) is 6.05. The van der Waals surface area contributed by atoms with Crippen molar-refractivity contribution in [2.45, 2.75) is 49.5 Å². The van der Waals surface area contributed by atoms with E-state index in [4.69, 9.17) is 21.1 Å². The summed E-state index contributed by atoms with van der Waals surface area (Å²) in [5, 5.41) is 20.0. The Morgan fingerprint density at radius 3 is 2.47 bits per heavy atom. The van der Waals surface area contributed by atoms with Crippen LogP contribution >= 0.6 is 11.6 Å².